The maximum Gasteiger partial charge on any atom is 0.573 e. The molecule has 1 aliphatic heterocycles. The molecule has 1 heterocycles. The number of likely N-dealkylation sites (tertiary alicyclic amines) is 1. The third-order valence-corrected chi connectivity index (χ3v) is 4.76. The molecule has 1 amide bonds. The number of carbonyl (C=O) groups excluding carboxylic acids is 2. The third kappa shape index (κ3) is 5.63. The van der Waals surface area contributed by atoms with E-state index >= 15 is 0 Å². The zero-order valence-electron chi connectivity index (χ0n) is 15.1. The highest BCUT2D eigenvalue weighted by Gasteiger charge is 2.35. The van der Waals surface area contributed by atoms with E-state index in [2.05, 4.69) is 4.74 Å². The van der Waals surface area contributed by atoms with Gasteiger partial charge in [0.05, 0.1) is 6.04 Å². The van der Waals surface area contributed by atoms with Gasteiger partial charge in [-0.1, -0.05) is 48.0 Å². The number of benzene rings is 2. The van der Waals surface area contributed by atoms with Gasteiger partial charge in [0, 0.05) is 24.4 Å². The molecule has 2 aromatic carbocycles. The standard InChI is InChI=1S/C20H17ClF3NO4/c21-17-11-15(29-20(22,23)24)6-7-16(17)18-10-14(26)8-9-25(18)19(27)28-12-13-4-2-1-3-5-13/h1-7,11,18H,8-10,12H2. The van der Waals surface area contributed by atoms with E-state index in [9.17, 15) is 22.8 Å². The summed E-state index contributed by atoms with van der Waals surface area (Å²) in [5.41, 5.74) is 1.16. The summed E-state index contributed by atoms with van der Waals surface area (Å²) in [7, 11) is 0. The van der Waals surface area contributed by atoms with Crippen LogP contribution in [0.3, 0.4) is 0 Å². The summed E-state index contributed by atoms with van der Waals surface area (Å²) in [6, 6.07) is 11.8. The predicted octanol–water partition coefficient (Wildman–Crippen LogP) is 5.28. The lowest BCUT2D eigenvalue weighted by Crippen LogP contribution is -2.41. The van der Waals surface area contributed by atoms with Crippen molar-refractivity contribution in [3.8, 4) is 5.75 Å². The molecule has 0 spiro atoms. The molecule has 0 bridgehead atoms. The number of ether oxygens (including phenoxy) is 2. The molecule has 1 unspecified atom stereocenters. The summed E-state index contributed by atoms with van der Waals surface area (Å²) in [4.78, 5) is 25.9. The third-order valence-electron chi connectivity index (χ3n) is 4.43. The summed E-state index contributed by atoms with van der Waals surface area (Å²) < 4.78 is 46.4. The molecule has 0 saturated carbocycles. The highest BCUT2D eigenvalue weighted by molar-refractivity contribution is 6.31. The molecule has 5 nitrogen and oxygen atoms in total. The maximum atomic E-state index is 12.6. The Morgan fingerprint density at radius 1 is 1.17 bits per heavy atom. The summed E-state index contributed by atoms with van der Waals surface area (Å²) in [5.74, 6) is -0.555. The maximum absolute atomic E-state index is 12.6. The predicted molar refractivity (Wildman–Crippen MR) is 98.5 cm³/mol. The molecule has 9 heteroatoms. The smallest absolute Gasteiger partial charge is 0.445 e. The Morgan fingerprint density at radius 3 is 2.55 bits per heavy atom. The van der Waals surface area contributed by atoms with Crippen molar-refractivity contribution < 1.29 is 32.2 Å². The van der Waals surface area contributed by atoms with Crippen LogP contribution in [-0.2, 0) is 16.1 Å². The average Bonchev–Trinajstić information content (AvgIpc) is 2.66. The Balaban J connectivity index is 1.77. The fourth-order valence-electron chi connectivity index (χ4n) is 3.10. The van der Waals surface area contributed by atoms with E-state index in [0.717, 1.165) is 17.7 Å². The Bertz CT molecular complexity index is 889. The van der Waals surface area contributed by atoms with Crippen LogP contribution in [0, 0.1) is 0 Å². The van der Waals surface area contributed by atoms with Gasteiger partial charge < -0.3 is 14.4 Å². The van der Waals surface area contributed by atoms with Crippen LogP contribution in [0.5, 0.6) is 5.75 Å². The van der Waals surface area contributed by atoms with Gasteiger partial charge in [-0.15, -0.1) is 13.2 Å². The largest absolute Gasteiger partial charge is 0.573 e. The molecule has 1 saturated heterocycles. The summed E-state index contributed by atoms with van der Waals surface area (Å²) in [6.45, 7) is 0.192. The second kappa shape index (κ2) is 8.73. The quantitative estimate of drug-likeness (QED) is 0.666. The first kappa shape index (κ1) is 21.0. The Hall–Kier alpha value is -2.74. The Kier molecular flexibility index (Phi) is 6.32. The second-order valence-electron chi connectivity index (χ2n) is 6.47. The number of Topliss-reactive ketones (excluding diaryl/α,β-unsaturated/α-hetero) is 1. The highest BCUT2D eigenvalue weighted by Crippen LogP contribution is 2.37. The van der Waals surface area contributed by atoms with Crippen molar-refractivity contribution in [2.75, 3.05) is 6.54 Å². The molecule has 1 aliphatic rings. The van der Waals surface area contributed by atoms with Crippen LogP contribution in [0.4, 0.5) is 18.0 Å². The lowest BCUT2D eigenvalue weighted by atomic mass is 9.94. The average molecular weight is 428 g/mol. The number of hydrogen-bond acceptors (Lipinski definition) is 4. The van der Waals surface area contributed by atoms with E-state index < -0.39 is 24.2 Å². The van der Waals surface area contributed by atoms with E-state index in [1.165, 1.54) is 11.0 Å². The summed E-state index contributed by atoms with van der Waals surface area (Å²) in [6.07, 6.45) is -5.31. The van der Waals surface area contributed by atoms with Gasteiger partial charge in [-0.05, 0) is 23.3 Å². The van der Waals surface area contributed by atoms with Gasteiger partial charge in [0.2, 0.25) is 0 Å². The minimum atomic E-state index is -4.85. The van der Waals surface area contributed by atoms with E-state index in [1.807, 2.05) is 18.2 Å². The molecule has 1 fully saturated rings. The first-order chi connectivity index (χ1) is 13.7. The van der Waals surface area contributed by atoms with Gasteiger partial charge in [0.15, 0.2) is 0 Å². The van der Waals surface area contributed by atoms with Crippen LogP contribution in [-0.4, -0.2) is 29.7 Å². The van der Waals surface area contributed by atoms with Crippen molar-refractivity contribution in [2.24, 2.45) is 0 Å². The minimum Gasteiger partial charge on any atom is -0.445 e. The van der Waals surface area contributed by atoms with Crippen molar-refractivity contribution in [1.29, 1.82) is 0 Å². The van der Waals surface area contributed by atoms with E-state index in [1.54, 1.807) is 12.1 Å². The number of hydrogen-bond donors (Lipinski definition) is 0. The monoisotopic (exact) mass is 427 g/mol. The van der Waals surface area contributed by atoms with Crippen molar-refractivity contribution in [1.82, 2.24) is 4.90 Å². The molecule has 1 atom stereocenters. The molecule has 2 aromatic rings. The Labute approximate surface area is 170 Å². The zero-order valence-corrected chi connectivity index (χ0v) is 15.9. The SMILES string of the molecule is O=C1CCN(C(=O)OCc2ccccc2)C(c2ccc(OC(F)(F)F)cc2Cl)C1. The lowest BCUT2D eigenvalue weighted by Gasteiger charge is -2.35. The van der Waals surface area contributed by atoms with Crippen LogP contribution in [0.25, 0.3) is 0 Å². The number of nitrogens with zero attached hydrogens (tertiary/aromatic N) is 1. The van der Waals surface area contributed by atoms with E-state index in [0.29, 0.717) is 5.56 Å². The minimum absolute atomic E-state index is 0.000365. The molecule has 0 N–H and O–H groups in total. The van der Waals surface area contributed by atoms with Gasteiger partial charge in [-0.3, -0.25) is 4.79 Å². The van der Waals surface area contributed by atoms with Gasteiger partial charge in [-0.25, -0.2) is 4.79 Å². The topological polar surface area (TPSA) is 55.8 Å². The number of piperidine rings is 1. The number of rotatable bonds is 4. The molecule has 29 heavy (non-hydrogen) atoms. The van der Waals surface area contributed by atoms with Crippen LogP contribution >= 0.6 is 11.6 Å². The zero-order chi connectivity index (χ0) is 21.0. The normalized spacial score (nSPS) is 17.2. The molecule has 0 aromatic heterocycles. The number of alkyl halides is 3. The molecule has 0 aliphatic carbocycles. The number of ketones is 1. The van der Waals surface area contributed by atoms with Crippen molar-refractivity contribution in [2.45, 2.75) is 31.9 Å². The van der Waals surface area contributed by atoms with E-state index in [-0.39, 0.29) is 36.8 Å². The van der Waals surface area contributed by atoms with Crippen LogP contribution < -0.4 is 4.74 Å². The summed E-state index contributed by atoms with van der Waals surface area (Å²) >= 11 is 6.14. The Morgan fingerprint density at radius 2 is 1.90 bits per heavy atom. The fourth-order valence-corrected chi connectivity index (χ4v) is 3.40. The van der Waals surface area contributed by atoms with E-state index in [4.69, 9.17) is 16.3 Å². The van der Waals surface area contributed by atoms with Crippen molar-refractivity contribution in [3.63, 3.8) is 0 Å². The van der Waals surface area contributed by atoms with Gasteiger partial charge in [0.1, 0.15) is 18.1 Å². The van der Waals surface area contributed by atoms with Crippen LogP contribution in [0.2, 0.25) is 5.02 Å². The first-order valence-corrected chi connectivity index (χ1v) is 9.15. The molecule has 3 rings (SSSR count). The lowest BCUT2D eigenvalue weighted by molar-refractivity contribution is -0.274. The van der Waals surface area contributed by atoms with Crippen LogP contribution in [0.15, 0.2) is 48.5 Å². The number of amides is 1. The van der Waals surface area contributed by atoms with Crippen molar-refractivity contribution >= 4 is 23.5 Å². The molecule has 154 valence electrons. The number of halogens is 4. The first-order valence-electron chi connectivity index (χ1n) is 8.77. The number of carbonyl (C=O) groups is 2. The molecule has 0 radical (unpaired) electrons. The van der Waals surface area contributed by atoms with Gasteiger partial charge in [-0.2, -0.15) is 0 Å². The molecular weight excluding hydrogens is 411 g/mol. The summed E-state index contributed by atoms with van der Waals surface area (Å²) in [5, 5.41) is -0.0349. The molecular formula is C20H17ClF3NO4. The van der Waals surface area contributed by atoms with Crippen LogP contribution in [0.1, 0.15) is 30.0 Å². The van der Waals surface area contributed by atoms with Crippen molar-refractivity contribution in [3.05, 3.63) is 64.7 Å². The highest BCUT2D eigenvalue weighted by atomic mass is 35.5. The second-order valence-corrected chi connectivity index (χ2v) is 6.88. The van der Waals surface area contributed by atoms with Gasteiger partial charge >= 0.3 is 12.5 Å². The fraction of sp³-hybridized carbons (Fsp3) is 0.300. The van der Waals surface area contributed by atoms with Gasteiger partial charge in [0.25, 0.3) is 0 Å².